The van der Waals surface area contributed by atoms with Gasteiger partial charge in [0.2, 0.25) is 0 Å². The Morgan fingerprint density at radius 3 is 2.69 bits per heavy atom. The number of nitriles is 1. The maximum Gasteiger partial charge on any atom is 0.416 e. The zero-order valence-corrected chi connectivity index (χ0v) is 19.3. The van der Waals surface area contributed by atoms with E-state index in [0.717, 1.165) is 41.8 Å². The summed E-state index contributed by atoms with van der Waals surface area (Å²) in [6.45, 7) is 0. The summed E-state index contributed by atoms with van der Waals surface area (Å²) in [6.07, 6.45) is 0.108. The number of amides is 1. The highest BCUT2D eigenvalue weighted by atomic mass is 32.1. The summed E-state index contributed by atoms with van der Waals surface area (Å²) in [5.74, 6) is -1.03. The number of fused-ring (bicyclic) bond motifs is 1. The van der Waals surface area contributed by atoms with Crippen LogP contribution in [-0.4, -0.2) is 19.0 Å². The number of aryl methyl sites for hydroxylation is 1. The van der Waals surface area contributed by atoms with Gasteiger partial charge in [0.1, 0.15) is 28.2 Å². The third-order valence-corrected chi connectivity index (χ3v) is 6.75. The molecule has 0 bridgehead atoms. The first kappa shape index (κ1) is 24.3. The van der Waals surface area contributed by atoms with Crippen LogP contribution in [0.4, 0.5) is 18.2 Å². The van der Waals surface area contributed by atoms with Gasteiger partial charge in [-0.25, -0.2) is 4.79 Å². The lowest BCUT2D eigenvalue weighted by atomic mass is 9.95. The van der Waals surface area contributed by atoms with Gasteiger partial charge in [0.25, 0.3) is 5.91 Å². The van der Waals surface area contributed by atoms with Gasteiger partial charge in [0.15, 0.2) is 0 Å². The number of carbonyl (C=O) groups excluding carboxylic acids is 2. The number of esters is 1. The van der Waals surface area contributed by atoms with Gasteiger partial charge in [-0.1, -0.05) is 12.1 Å². The molecule has 0 unspecified atom stereocenters. The minimum Gasteiger partial charge on any atom is -0.465 e. The maximum atomic E-state index is 13.0. The Hall–Kier alpha value is -3.84. The smallest absolute Gasteiger partial charge is 0.416 e. The molecule has 1 aliphatic rings. The zero-order chi connectivity index (χ0) is 25.2. The van der Waals surface area contributed by atoms with Crippen molar-refractivity contribution in [2.45, 2.75) is 31.9 Å². The minimum absolute atomic E-state index is 0.114. The number of nitrogens with one attached hydrogen (secondary N) is 1. The molecule has 4 rings (SSSR count). The van der Waals surface area contributed by atoms with E-state index in [1.54, 1.807) is 6.07 Å². The Bertz CT molecular complexity index is 1360. The highest BCUT2D eigenvalue weighted by Gasteiger charge is 2.31. The number of halogens is 3. The zero-order valence-electron chi connectivity index (χ0n) is 18.5. The lowest BCUT2D eigenvalue weighted by Crippen LogP contribution is -2.16. The van der Waals surface area contributed by atoms with Gasteiger partial charge >= 0.3 is 12.1 Å². The van der Waals surface area contributed by atoms with Crippen molar-refractivity contribution < 1.29 is 31.9 Å². The third-order valence-electron chi connectivity index (χ3n) is 5.54. The Morgan fingerprint density at radius 1 is 1.20 bits per heavy atom. The number of alkyl halides is 3. The Balaban J connectivity index is 1.59. The topological polar surface area (TPSA) is 92.3 Å². The molecule has 10 heteroatoms. The van der Waals surface area contributed by atoms with E-state index in [1.807, 2.05) is 0 Å². The molecule has 1 N–H and O–H groups in total. The summed E-state index contributed by atoms with van der Waals surface area (Å²) in [5.41, 5.74) is 0.261. The standard InChI is InChI=1S/C25H19F3N2O4S/c1-33-24(32)21-18-7-2-3-8-20(18)35-23(21)30-22(31)15(13-29)12-17-9-10-19(34-17)14-5-4-6-16(11-14)25(26,27)28/h4-6,9-12H,2-3,7-8H2,1H3,(H,30,31)/b15-12-. The lowest BCUT2D eigenvalue weighted by Gasteiger charge is -2.11. The summed E-state index contributed by atoms with van der Waals surface area (Å²) in [7, 11) is 1.26. The van der Waals surface area contributed by atoms with Crippen molar-refractivity contribution >= 4 is 34.3 Å². The molecule has 0 fully saturated rings. The number of furan rings is 1. The first-order valence-corrected chi connectivity index (χ1v) is 11.5. The van der Waals surface area contributed by atoms with Crippen LogP contribution in [0.3, 0.4) is 0 Å². The number of anilines is 1. The predicted octanol–water partition coefficient (Wildman–Crippen LogP) is 6.24. The van der Waals surface area contributed by atoms with Crippen molar-refractivity contribution in [3.8, 4) is 17.4 Å². The SMILES string of the molecule is COC(=O)c1c(NC(=O)/C(C#N)=C\c2ccc(-c3cccc(C(F)(F)F)c3)o2)sc2c1CCCC2. The van der Waals surface area contributed by atoms with Crippen molar-refractivity contribution in [2.24, 2.45) is 0 Å². The second-order valence-corrected chi connectivity index (χ2v) is 8.92. The predicted molar refractivity (Wildman–Crippen MR) is 124 cm³/mol. The molecule has 0 saturated heterocycles. The molecular weight excluding hydrogens is 481 g/mol. The van der Waals surface area contributed by atoms with Crippen molar-refractivity contribution in [2.75, 3.05) is 12.4 Å². The van der Waals surface area contributed by atoms with Crippen LogP contribution in [0.1, 0.15) is 45.0 Å². The van der Waals surface area contributed by atoms with E-state index in [-0.39, 0.29) is 22.7 Å². The lowest BCUT2D eigenvalue weighted by molar-refractivity contribution is -0.137. The van der Waals surface area contributed by atoms with Crippen LogP contribution in [0.2, 0.25) is 0 Å². The summed E-state index contributed by atoms with van der Waals surface area (Å²) in [6, 6.07) is 9.35. The molecule has 0 aliphatic heterocycles. The molecule has 0 radical (unpaired) electrons. The third kappa shape index (κ3) is 5.15. The van der Waals surface area contributed by atoms with Gasteiger partial charge in [-0.05, 0) is 55.5 Å². The molecule has 2 heterocycles. The van der Waals surface area contributed by atoms with Gasteiger partial charge in [-0.2, -0.15) is 18.4 Å². The molecule has 1 aromatic carbocycles. The van der Waals surface area contributed by atoms with E-state index in [9.17, 15) is 28.0 Å². The molecule has 0 saturated carbocycles. The highest BCUT2D eigenvalue weighted by molar-refractivity contribution is 7.17. The van der Waals surface area contributed by atoms with Crippen molar-refractivity contribution in [1.29, 1.82) is 5.26 Å². The molecule has 3 aromatic rings. The van der Waals surface area contributed by atoms with Gasteiger partial charge < -0.3 is 14.5 Å². The molecule has 0 atom stereocenters. The number of methoxy groups -OCH3 is 1. The summed E-state index contributed by atoms with van der Waals surface area (Å²) in [4.78, 5) is 26.2. The van der Waals surface area contributed by atoms with E-state index < -0.39 is 23.6 Å². The second-order valence-electron chi connectivity index (χ2n) is 7.81. The van der Waals surface area contributed by atoms with Crippen LogP contribution in [0.5, 0.6) is 0 Å². The fourth-order valence-electron chi connectivity index (χ4n) is 3.87. The van der Waals surface area contributed by atoms with E-state index >= 15 is 0 Å². The number of nitrogens with zero attached hydrogens (tertiary/aromatic N) is 1. The number of hydrogen-bond acceptors (Lipinski definition) is 6. The summed E-state index contributed by atoms with van der Waals surface area (Å²) >= 11 is 1.29. The average Bonchev–Trinajstić information content (AvgIpc) is 3.46. The van der Waals surface area contributed by atoms with Crippen LogP contribution in [-0.2, 0) is 28.5 Å². The van der Waals surface area contributed by atoms with Crippen LogP contribution in [0.15, 0.2) is 46.4 Å². The number of ether oxygens (including phenoxy) is 1. The van der Waals surface area contributed by atoms with Crippen LogP contribution in [0.25, 0.3) is 17.4 Å². The molecule has 2 aromatic heterocycles. The van der Waals surface area contributed by atoms with Crippen molar-refractivity contribution in [3.05, 3.63) is 69.3 Å². The van der Waals surface area contributed by atoms with Crippen LogP contribution < -0.4 is 5.32 Å². The van der Waals surface area contributed by atoms with Gasteiger partial charge in [-0.3, -0.25) is 4.79 Å². The first-order chi connectivity index (χ1) is 16.7. The molecule has 1 aliphatic carbocycles. The Labute approximate surface area is 202 Å². The van der Waals surface area contributed by atoms with E-state index in [4.69, 9.17) is 9.15 Å². The van der Waals surface area contributed by atoms with E-state index in [2.05, 4.69) is 5.32 Å². The number of benzene rings is 1. The minimum atomic E-state index is -4.50. The molecule has 180 valence electrons. The number of hydrogen-bond donors (Lipinski definition) is 1. The quantitative estimate of drug-likeness (QED) is 0.254. The van der Waals surface area contributed by atoms with Crippen LogP contribution in [0, 0.1) is 11.3 Å². The van der Waals surface area contributed by atoms with Gasteiger partial charge in [0.05, 0.1) is 18.2 Å². The van der Waals surface area contributed by atoms with Crippen LogP contribution >= 0.6 is 11.3 Å². The average molecular weight is 500 g/mol. The number of rotatable bonds is 5. The summed E-state index contributed by atoms with van der Waals surface area (Å²) in [5, 5.41) is 12.5. The Morgan fingerprint density at radius 2 is 1.97 bits per heavy atom. The fourth-order valence-corrected chi connectivity index (χ4v) is 5.14. The fraction of sp³-hybridized carbons (Fsp3) is 0.240. The molecule has 0 spiro atoms. The molecule has 1 amide bonds. The maximum absolute atomic E-state index is 13.0. The normalized spacial score (nSPS) is 13.6. The highest BCUT2D eigenvalue weighted by Crippen LogP contribution is 2.39. The van der Waals surface area contributed by atoms with Gasteiger partial charge in [-0.15, -0.1) is 11.3 Å². The van der Waals surface area contributed by atoms with E-state index in [0.29, 0.717) is 17.0 Å². The van der Waals surface area contributed by atoms with Gasteiger partial charge in [0, 0.05) is 16.5 Å². The molecule has 6 nitrogen and oxygen atoms in total. The van der Waals surface area contributed by atoms with Crippen molar-refractivity contribution in [3.63, 3.8) is 0 Å². The van der Waals surface area contributed by atoms with E-state index in [1.165, 1.54) is 48.8 Å². The Kier molecular flexibility index (Phi) is 6.80. The van der Waals surface area contributed by atoms with Crippen molar-refractivity contribution in [1.82, 2.24) is 0 Å². The first-order valence-electron chi connectivity index (χ1n) is 10.6. The monoisotopic (exact) mass is 500 g/mol. The largest absolute Gasteiger partial charge is 0.465 e. The molecular formula is C25H19F3N2O4S. The number of carbonyl (C=O) groups is 2. The second kappa shape index (κ2) is 9.80. The summed E-state index contributed by atoms with van der Waals surface area (Å²) < 4.78 is 49.5. The number of thiophene rings is 1. The molecule has 35 heavy (non-hydrogen) atoms.